The summed E-state index contributed by atoms with van der Waals surface area (Å²) < 4.78 is 71.6. The maximum absolute atomic E-state index is 12.2. The third kappa shape index (κ3) is 7.91. The van der Waals surface area contributed by atoms with Crippen LogP contribution >= 0.6 is 0 Å². The number of nitrogens with zero attached hydrogens (tertiary/aromatic N) is 5. The Morgan fingerprint density at radius 2 is 1.60 bits per heavy atom. The molecule has 0 aliphatic carbocycles. The number of carbonyl (C=O) groups excluding carboxylic acids is 1. The molecular formula is C17H11F6IrN5O-2. The second kappa shape index (κ2) is 10.8. The Morgan fingerprint density at radius 3 is 2.07 bits per heavy atom. The summed E-state index contributed by atoms with van der Waals surface area (Å²) in [5, 5.41) is 9.31. The Bertz CT molecular complexity index is 916. The molecule has 0 fully saturated rings. The van der Waals surface area contributed by atoms with Gasteiger partial charge in [-0.2, -0.15) is 26.3 Å². The maximum atomic E-state index is 12.2. The van der Waals surface area contributed by atoms with E-state index in [0.717, 1.165) is 6.07 Å². The minimum absolute atomic E-state index is 0. The Kier molecular flexibility index (Phi) is 9.12. The van der Waals surface area contributed by atoms with Crippen LogP contribution in [0.15, 0.2) is 54.9 Å². The van der Waals surface area contributed by atoms with E-state index in [2.05, 4.69) is 25.5 Å². The summed E-state index contributed by atoms with van der Waals surface area (Å²) in [5.41, 5.74) is -0.170. The van der Waals surface area contributed by atoms with Crippen LogP contribution in [0.5, 0.6) is 0 Å². The number of carbonyl (C=O) groups is 1. The first-order chi connectivity index (χ1) is 13.6. The van der Waals surface area contributed by atoms with Crippen molar-refractivity contribution < 1.29 is 51.2 Å². The summed E-state index contributed by atoms with van der Waals surface area (Å²) >= 11 is 0. The molecule has 3 aromatic heterocycles. The van der Waals surface area contributed by atoms with Crippen molar-refractivity contribution in [1.82, 2.24) is 20.2 Å². The first-order valence-electron chi connectivity index (χ1n) is 7.75. The van der Waals surface area contributed by atoms with E-state index < -0.39 is 24.0 Å². The van der Waals surface area contributed by atoms with Crippen LogP contribution in [0.25, 0.3) is 16.7 Å². The van der Waals surface area contributed by atoms with Gasteiger partial charge >= 0.3 is 12.4 Å². The van der Waals surface area contributed by atoms with Crippen molar-refractivity contribution in [2.45, 2.75) is 18.9 Å². The predicted molar refractivity (Wildman–Crippen MR) is 88.2 cm³/mol. The van der Waals surface area contributed by atoms with Crippen LogP contribution in [0.1, 0.15) is 11.4 Å². The molecule has 3 aromatic rings. The number of aromatic nitrogens is 4. The van der Waals surface area contributed by atoms with Gasteiger partial charge in [0.15, 0.2) is 5.91 Å². The second-order valence-corrected chi connectivity index (χ2v) is 5.27. The zero-order valence-corrected chi connectivity index (χ0v) is 17.0. The molecule has 13 heteroatoms. The van der Waals surface area contributed by atoms with E-state index in [1.165, 1.54) is 18.5 Å². The molecule has 0 bridgehead atoms. The average Bonchev–Trinajstić information content (AvgIpc) is 3.18. The second-order valence-electron chi connectivity index (χ2n) is 5.27. The van der Waals surface area contributed by atoms with E-state index in [1.807, 2.05) is 0 Å². The van der Waals surface area contributed by atoms with Gasteiger partial charge in [-0.05, 0) is 30.3 Å². The van der Waals surface area contributed by atoms with Crippen molar-refractivity contribution in [3.8, 4) is 11.4 Å². The largest absolute Gasteiger partial charge is 0.641 e. The molecule has 1 radical (unpaired) electrons. The van der Waals surface area contributed by atoms with E-state index in [-0.39, 0.29) is 32.3 Å². The van der Waals surface area contributed by atoms with E-state index in [9.17, 15) is 31.1 Å². The van der Waals surface area contributed by atoms with Crippen molar-refractivity contribution in [3.05, 3.63) is 71.6 Å². The van der Waals surface area contributed by atoms with Gasteiger partial charge in [0.1, 0.15) is 5.69 Å². The molecule has 30 heavy (non-hydrogen) atoms. The Balaban J connectivity index is 0.000000291. The van der Waals surface area contributed by atoms with Crippen molar-refractivity contribution in [3.63, 3.8) is 0 Å². The molecule has 0 saturated carbocycles. The van der Waals surface area contributed by atoms with Gasteiger partial charge in [-0.25, -0.2) is 0 Å². The zero-order valence-electron chi connectivity index (χ0n) is 14.6. The summed E-state index contributed by atoms with van der Waals surface area (Å²) in [4.78, 5) is 17.9. The number of hydrogen-bond donors (Lipinski definition) is 0. The number of hydrogen-bond acceptors (Lipinski definition) is 4. The Labute approximate surface area is 179 Å². The summed E-state index contributed by atoms with van der Waals surface area (Å²) in [6.07, 6.45) is -6.45. The predicted octanol–water partition coefficient (Wildman–Crippen LogP) is 4.16. The van der Waals surface area contributed by atoms with Gasteiger partial charge < -0.3 is 20.3 Å². The fourth-order valence-electron chi connectivity index (χ4n) is 1.81. The van der Waals surface area contributed by atoms with Gasteiger partial charge in [-0.1, -0.05) is 24.4 Å². The first-order valence-corrected chi connectivity index (χ1v) is 7.75. The van der Waals surface area contributed by atoms with Crippen molar-refractivity contribution in [1.29, 1.82) is 0 Å². The van der Waals surface area contributed by atoms with Gasteiger partial charge in [-0.3, -0.25) is 9.97 Å². The van der Waals surface area contributed by atoms with Crippen LogP contribution in [0.4, 0.5) is 26.3 Å². The Morgan fingerprint density at radius 1 is 0.967 bits per heavy atom. The summed E-state index contributed by atoms with van der Waals surface area (Å²) in [6.45, 7) is -0.348. The molecule has 0 atom stereocenters. The zero-order chi connectivity index (χ0) is 21.5. The number of halogens is 6. The topological polar surface area (TPSA) is 83.9 Å². The molecule has 6 nitrogen and oxygen atoms in total. The monoisotopic (exact) mass is 608 g/mol. The van der Waals surface area contributed by atoms with E-state index >= 15 is 0 Å². The van der Waals surface area contributed by atoms with Crippen molar-refractivity contribution >= 4 is 5.91 Å². The smallest absolute Gasteiger partial charge is 0.432 e. The molecule has 0 aliphatic heterocycles. The molecule has 0 N–H and O–H groups in total. The molecule has 163 valence electrons. The molecule has 0 unspecified atom stereocenters. The number of amides is 1. The van der Waals surface area contributed by atoms with Gasteiger partial charge in [0.25, 0.3) is 0 Å². The Hall–Kier alpha value is -2.79. The van der Waals surface area contributed by atoms with Gasteiger partial charge in [0, 0.05) is 43.9 Å². The van der Waals surface area contributed by atoms with Crippen molar-refractivity contribution in [2.24, 2.45) is 0 Å². The van der Waals surface area contributed by atoms with Crippen LogP contribution in [0.2, 0.25) is 0 Å². The number of rotatable bonds is 3. The molecular weight excluding hydrogens is 596 g/mol. The van der Waals surface area contributed by atoms with E-state index in [4.69, 9.17) is 0 Å². The minimum atomic E-state index is -4.89. The van der Waals surface area contributed by atoms with Gasteiger partial charge in [0.2, 0.25) is 0 Å². The van der Waals surface area contributed by atoms with E-state index in [0.29, 0.717) is 11.4 Å². The third-order valence-corrected chi connectivity index (χ3v) is 3.11. The van der Waals surface area contributed by atoms with E-state index in [1.54, 1.807) is 30.3 Å². The summed E-state index contributed by atoms with van der Waals surface area (Å²) in [5.74, 6) is -2.08. The molecule has 0 spiro atoms. The SMILES string of the molecule is FC(F)(F)c1cc(-c2ccccn2)[n-]n1.O=C([N-]Cc1ccccn1)C(F)(F)F.[Ir]. The fraction of sp³-hybridized carbons (Fsp3) is 0.176. The fourth-order valence-corrected chi connectivity index (χ4v) is 1.81. The molecule has 0 aliphatic rings. The summed E-state index contributed by atoms with van der Waals surface area (Å²) in [7, 11) is 0. The van der Waals surface area contributed by atoms with Crippen LogP contribution in [-0.2, 0) is 37.6 Å². The minimum Gasteiger partial charge on any atom is -0.641 e. The van der Waals surface area contributed by atoms with Gasteiger partial charge in [0.05, 0.1) is 0 Å². The average molecular weight is 608 g/mol. The molecule has 0 saturated heterocycles. The third-order valence-electron chi connectivity index (χ3n) is 3.11. The van der Waals surface area contributed by atoms with Crippen molar-refractivity contribution in [2.75, 3.05) is 0 Å². The van der Waals surface area contributed by atoms with Crippen LogP contribution in [-0.4, -0.2) is 27.2 Å². The standard InChI is InChI=1S/C9H5F3N3.C8H7F3N2O.Ir/c10-9(11,12)8-5-7(14-15-8)6-3-1-2-4-13-6;9-8(10,11)7(14)13-5-6-3-1-2-4-12-6;/h1-5H;1-4H,5H2,(H,13,14);/q-1;;/p-1. The van der Waals surface area contributed by atoms with Crippen LogP contribution in [0.3, 0.4) is 0 Å². The number of alkyl halides is 6. The normalized spacial score (nSPS) is 11.0. The van der Waals surface area contributed by atoms with Crippen LogP contribution < -0.4 is 5.10 Å². The van der Waals surface area contributed by atoms with Gasteiger partial charge in [-0.15, -0.1) is 0 Å². The number of pyridine rings is 2. The first kappa shape index (κ1) is 25.2. The van der Waals surface area contributed by atoms with Crippen LogP contribution in [0, 0.1) is 0 Å². The molecule has 3 heterocycles. The molecule has 1 amide bonds. The molecule has 3 rings (SSSR count). The maximum Gasteiger partial charge on any atom is 0.432 e. The quantitative estimate of drug-likeness (QED) is 0.418. The summed E-state index contributed by atoms with van der Waals surface area (Å²) in [6, 6.07) is 10.5. The molecule has 0 aromatic carbocycles.